The second kappa shape index (κ2) is 8.07. The van der Waals surface area contributed by atoms with Crippen molar-refractivity contribution in [1.29, 1.82) is 0 Å². The van der Waals surface area contributed by atoms with E-state index < -0.39 is 18.8 Å². The number of rotatable bonds is 6. The molecule has 4 nitrogen and oxygen atoms in total. The Morgan fingerprint density at radius 1 is 0.963 bits per heavy atom. The van der Waals surface area contributed by atoms with Crippen LogP contribution < -0.4 is 0 Å². The van der Waals surface area contributed by atoms with Crippen LogP contribution in [0.1, 0.15) is 12.3 Å². The van der Waals surface area contributed by atoms with E-state index in [0.29, 0.717) is 11.5 Å². The van der Waals surface area contributed by atoms with Gasteiger partial charge in [-0.25, -0.2) is 4.98 Å². The second-order valence-electron chi connectivity index (χ2n) is 5.79. The highest BCUT2D eigenvalue weighted by Crippen LogP contribution is 2.32. The lowest BCUT2D eigenvalue weighted by Crippen LogP contribution is -2.20. The Bertz CT molecular complexity index is 833. The summed E-state index contributed by atoms with van der Waals surface area (Å²) >= 11 is 0. The van der Waals surface area contributed by atoms with Crippen molar-refractivity contribution in [2.45, 2.75) is 19.0 Å². The number of hydrogen-bond acceptors (Lipinski definition) is 4. The molecule has 0 aliphatic rings. The van der Waals surface area contributed by atoms with E-state index in [0.717, 1.165) is 11.1 Å². The highest BCUT2D eigenvalue weighted by molar-refractivity contribution is 5.77. The maximum Gasteiger partial charge on any atom is 0.422 e. The van der Waals surface area contributed by atoms with Crippen molar-refractivity contribution >= 4 is 5.97 Å². The quantitative estimate of drug-likeness (QED) is 0.566. The summed E-state index contributed by atoms with van der Waals surface area (Å²) in [5, 5.41) is 0. The number of hydrogen-bond donors (Lipinski definition) is 0. The molecular formula is C20H16F3NO3. The number of alkyl halides is 3. The van der Waals surface area contributed by atoms with Gasteiger partial charge < -0.3 is 9.15 Å². The average molecular weight is 375 g/mol. The van der Waals surface area contributed by atoms with Crippen LogP contribution >= 0.6 is 0 Å². The van der Waals surface area contributed by atoms with Crippen molar-refractivity contribution in [3.8, 4) is 22.6 Å². The average Bonchev–Trinajstić information content (AvgIpc) is 3.10. The molecule has 0 spiro atoms. The maximum atomic E-state index is 12.1. The normalized spacial score (nSPS) is 11.4. The Morgan fingerprint density at radius 2 is 1.56 bits per heavy atom. The molecule has 0 radical (unpaired) electrons. The van der Waals surface area contributed by atoms with Crippen LogP contribution in [0.2, 0.25) is 0 Å². The third-order valence-electron chi connectivity index (χ3n) is 3.69. The van der Waals surface area contributed by atoms with Gasteiger partial charge in [0.25, 0.3) is 0 Å². The van der Waals surface area contributed by atoms with Crippen LogP contribution in [0.25, 0.3) is 22.6 Å². The van der Waals surface area contributed by atoms with Gasteiger partial charge in [-0.15, -0.1) is 0 Å². The fraction of sp³-hybridized carbons (Fsp3) is 0.200. The van der Waals surface area contributed by atoms with Crippen LogP contribution in [0.5, 0.6) is 0 Å². The Labute approximate surface area is 153 Å². The van der Waals surface area contributed by atoms with Gasteiger partial charge in [-0.3, -0.25) is 4.79 Å². The van der Waals surface area contributed by atoms with Crippen molar-refractivity contribution in [3.05, 3.63) is 66.6 Å². The summed E-state index contributed by atoms with van der Waals surface area (Å²) in [6, 6.07) is 18.7. The van der Waals surface area contributed by atoms with Gasteiger partial charge in [0.1, 0.15) is 5.69 Å². The summed E-state index contributed by atoms with van der Waals surface area (Å²) in [4.78, 5) is 15.9. The van der Waals surface area contributed by atoms with Gasteiger partial charge in [-0.05, 0) is 0 Å². The first-order chi connectivity index (χ1) is 12.9. The van der Waals surface area contributed by atoms with Gasteiger partial charge in [0.05, 0.1) is 6.42 Å². The largest absolute Gasteiger partial charge is 0.456 e. The monoisotopic (exact) mass is 375 g/mol. The lowest BCUT2D eigenvalue weighted by Gasteiger charge is -2.06. The predicted octanol–water partition coefficient (Wildman–Crippen LogP) is 5.05. The molecule has 0 aliphatic heterocycles. The molecule has 3 rings (SSSR count). The zero-order valence-electron chi connectivity index (χ0n) is 14.2. The highest BCUT2D eigenvalue weighted by atomic mass is 19.4. The Hall–Kier alpha value is -3.09. The summed E-state index contributed by atoms with van der Waals surface area (Å²) in [5.41, 5.74) is 2.27. The molecule has 0 fully saturated rings. The first-order valence-electron chi connectivity index (χ1n) is 8.25. The number of aryl methyl sites for hydroxylation is 1. The van der Waals surface area contributed by atoms with E-state index in [1.807, 2.05) is 60.7 Å². The van der Waals surface area contributed by atoms with Gasteiger partial charge in [-0.1, -0.05) is 60.7 Å². The minimum Gasteiger partial charge on any atom is -0.456 e. The minimum atomic E-state index is -4.54. The molecule has 0 amide bonds. The standard InChI is InChI=1S/C20H16F3NO3/c21-20(22,23)13-26-17(25)12-11-16-24-18(14-7-3-1-4-8-14)19(27-16)15-9-5-2-6-10-15/h1-10H,11-13H2. The van der Waals surface area contributed by atoms with E-state index in [9.17, 15) is 18.0 Å². The fourth-order valence-electron chi connectivity index (χ4n) is 2.49. The van der Waals surface area contributed by atoms with E-state index in [4.69, 9.17) is 4.42 Å². The van der Waals surface area contributed by atoms with Crippen molar-refractivity contribution < 1.29 is 27.1 Å². The summed E-state index contributed by atoms with van der Waals surface area (Å²) in [7, 11) is 0. The first kappa shape index (κ1) is 18.7. The number of halogens is 3. The van der Waals surface area contributed by atoms with E-state index in [1.54, 1.807) is 0 Å². The zero-order valence-corrected chi connectivity index (χ0v) is 14.2. The Morgan fingerprint density at radius 3 is 2.15 bits per heavy atom. The van der Waals surface area contributed by atoms with Gasteiger partial charge in [-0.2, -0.15) is 13.2 Å². The Balaban J connectivity index is 1.79. The van der Waals surface area contributed by atoms with Gasteiger partial charge >= 0.3 is 12.1 Å². The van der Waals surface area contributed by atoms with Crippen LogP contribution in [0.3, 0.4) is 0 Å². The molecule has 0 bridgehead atoms. The van der Waals surface area contributed by atoms with Crippen LogP contribution in [0.15, 0.2) is 65.1 Å². The zero-order chi connectivity index (χ0) is 19.3. The molecule has 0 saturated heterocycles. The summed E-state index contributed by atoms with van der Waals surface area (Å²) in [6.45, 7) is -1.60. The smallest absolute Gasteiger partial charge is 0.422 e. The molecule has 0 aliphatic carbocycles. The maximum absolute atomic E-state index is 12.1. The molecule has 1 heterocycles. The number of ether oxygens (including phenoxy) is 1. The highest BCUT2D eigenvalue weighted by Gasteiger charge is 2.29. The van der Waals surface area contributed by atoms with Gasteiger partial charge in [0.2, 0.25) is 0 Å². The third kappa shape index (κ3) is 5.20. The lowest BCUT2D eigenvalue weighted by atomic mass is 10.1. The molecule has 0 atom stereocenters. The number of esters is 1. The number of benzene rings is 2. The Kier molecular flexibility index (Phi) is 5.59. The van der Waals surface area contributed by atoms with Crippen molar-refractivity contribution in [2.75, 3.05) is 6.61 Å². The molecule has 0 N–H and O–H groups in total. The summed E-state index contributed by atoms with van der Waals surface area (Å²) in [5.74, 6) is -0.148. The van der Waals surface area contributed by atoms with Crippen LogP contribution in [0.4, 0.5) is 13.2 Å². The van der Waals surface area contributed by atoms with Crippen molar-refractivity contribution in [2.24, 2.45) is 0 Å². The number of oxazole rings is 1. The molecule has 27 heavy (non-hydrogen) atoms. The van der Waals surface area contributed by atoms with Crippen molar-refractivity contribution in [1.82, 2.24) is 4.98 Å². The molecule has 0 saturated carbocycles. The molecule has 1 aromatic heterocycles. The SMILES string of the molecule is O=C(CCc1nc(-c2ccccc2)c(-c2ccccc2)o1)OCC(F)(F)F. The van der Waals surface area contributed by atoms with E-state index in [2.05, 4.69) is 9.72 Å². The van der Waals surface area contributed by atoms with Crippen LogP contribution in [-0.2, 0) is 16.0 Å². The van der Waals surface area contributed by atoms with Crippen LogP contribution in [0, 0.1) is 0 Å². The molecule has 2 aromatic carbocycles. The summed E-state index contributed by atoms with van der Waals surface area (Å²) in [6.07, 6.45) is -4.75. The first-order valence-corrected chi connectivity index (χ1v) is 8.25. The van der Waals surface area contributed by atoms with Crippen LogP contribution in [-0.4, -0.2) is 23.7 Å². The van der Waals surface area contributed by atoms with E-state index >= 15 is 0 Å². The van der Waals surface area contributed by atoms with E-state index in [-0.39, 0.29) is 18.7 Å². The molecule has 3 aromatic rings. The second-order valence-corrected chi connectivity index (χ2v) is 5.79. The molecule has 140 valence electrons. The van der Waals surface area contributed by atoms with E-state index in [1.165, 1.54) is 0 Å². The number of carbonyl (C=O) groups excluding carboxylic acids is 1. The minimum absolute atomic E-state index is 0.0450. The molecule has 0 unspecified atom stereocenters. The molecular weight excluding hydrogens is 359 g/mol. The van der Waals surface area contributed by atoms with Gasteiger partial charge in [0, 0.05) is 17.5 Å². The number of nitrogens with zero attached hydrogens (tertiary/aromatic N) is 1. The molecule has 7 heteroatoms. The third-order valence-corrected chi connectivity index (χ3v) is 3.69. The summed E-state index contributed by atoms with van der Waals surface area (Å²) < 4.78 is 46.3. The van der Waals surface area contributed by atoms with Gasteiger partial charge in [0.15, 0.2) is 18.3 Å². The van der Waals surface area contributed by atoms with Crippen molar-refractivity contribution in [3.63, 3.8) is 0 Å². The number of carbonyl (C=O) groups is 1. The number of aromatic nitrogens is 1. The topological polar surface area (TPSA) is 52.3 Å². The predicted molar refractivity (Wildman–Crippen MR) is 92.7 cm³/mol. The lowest BCUT2D eigenvalue weighted by molar-refractivity contribution is -0.186. The fourth-order valence-corrected chi connectivity index (χ4v) is 2.49.